The zero-order chi connectivity index (χ0) is 21.4. The number of nitrogens with zero attached hydrogens (tertiary/aromatic N) is 3. The first-order chi connectivity index (χ1) is 15.1. The Morgan fingerprint density at radius 1 is 1.06 bits per heavy atom. The van der Waals surface area contributed by atoms with E-state index in [1.54, 1.807) is 25.7 Å². The monoisotopic (exact) mass is 419 g/mol. The fraction of sp³-hybridized carbons (Fsp3) is 0.360. The van der Waals surface area contributed by atoms with E-state index in [9.17, 15) is 4.39 Å². The van der Waals surface area contributed by atoms with E-state index >= 15 is 0 Å². The third kappa shape index (κ3) is 3.65. The Kier molecular flexibility index (Phi) is 5.10. The summed E-state index contributed by atoms with van der Waals surface area (Å²) in [5, 5.41) is 0. The number of rotatable bonds is 6. The van der Waals surface area contributed by atoms with E-state index in [1.807, 2.05) is 31.2 Å². The van der Waals surface area contributed by atoms with E-state index < -0.39 is 0 Å². The third-order valence-electron chi connectivity index (χ3n) is 6.63. The van der Waals surface area contributed by atoms with Gasteiger partial charge >= 0.3 is 0 Å². The van der Waals surface area contributed by atoms with Crippen LogP contribution in [0.1, 0.15) is 37.9 Å². The Balaban J connectivity index is 1.50. The number of benzene rings is 2. The van der Waals surface area contributed by atoms with Gasteiger partial charge in [0.25, 0.3) is 0 Å². The average molecular weight is 420 g/mol. The molecule has 1 aromatic heterocycles. The zero-order valence-corrected chi connectivity index (χ0v) is 17.8. The molecule has 2 fully saturated rings. The molecule has 31 heavy (non-hydrogen) atoms. The lowest BCUT2D eigenvalue weighted by Gasteiger charge is -2.56. The summed E-state index contributed by atoms with van der Waals surface area (Å²) in [6.45, 7) is 3.98. The minimum Gasteiger partial charge on any atom is -0.451 e. The Bertz CT molecular complexity index is 1090. The maximum Gasteiger partial charge on any atom is 0.188 e. The second-order valence-electron chi connectivity index (χ2n) is 8.63. The number of halogens is 1. The molecule has 5 rings (SSSR count). The van der Waals surface area contributed by atoms with Gasteiger partial charge in [-0.2, -0.15) is 0 Å². The van der Waals surface area contributed by atoms with E-state index in [-0.39, 0.29) is 11.9 Å². The van der Waals surface area contributed by atoms with Crippen LogP contribution in [0.3, 0.4) is 0 Å². The largest absolute Gasteiger partial charge is 0.451 e. The van der Waals surface area contributed by atoms with Crippen LogP contribution in [0.15, 0.2) is 55.0 Å². The highest BCUT2D eigenvalue weighted by molar-refractivity contribution is 5.74. The average Bonchev–Trinajstić information content (AvgIpc) is 2.73. The minimum atomic E-state index is -0.318. The molecule has 1 saturated carbocycles. The quantitative estimate of drug-likeness (QED) is 0.507. The smallest absolute Gasteiger partial charge is 0.188 e. The molecule has 1 unspecified atom stereocenters. The highest BCUT2D eigenvalue weighted by atomic mass is 19.1. The molecule has 1 saturated heterocycles. The van der Waals surface area contributed by atoms with Gasteiger partial charge in [0.15, 0.2) is 11.6 Å². The summed E-state index contributed by atoms with van der Waals surface area (Å²) in [5.74, 6) is 1.62. The Morgan fingerprint density at radius 3 is 2.61 bits per heavy atom. The van der Waals surface area contributed by atoms with Crippen molar-refractivity contribution in [3.63, 3.8) is 0 Å². The SMILES string of the molecule is COC(C)c1ccccc1-c1cc(F)ccc1Oc1cncnc1N1CC2(CCC2)C1. The number of ether oxygens (including phenoxy) is 2. The highest BCUT2D eigenvalue weighted by Crippen LogP contribution is 2.50. The number of anilines is 1. The van der Waals surface area contributed by atoms with Gasteiger partial charge < -0.3 is 14.4 Å². The van der Waals surface area contributed by atoms with Crippen molar-refractivity contribution in [2.24, 2.45) is 5.41 Å². The van der Waals surface area contributed by atoms with Crippen molar-refractivity contribution >= 4 is 5.82 Å². The lowest BCUT2D eigenvalue weighted by atomic mass is 9.63. The fourth-order valence-electron chi connectivity index (χ4n) is 4.67. The van der Waals surface area contributed by atoms with E-state index in [1.165, 1.54) is 31.4 Å². The van der Waals surface area contributed by atoms with E-state index in [0.717, 1.165) is 30.0 Å². The van der Waals surface area contributed by atoms with Crippen LogP contribution in [-0.4, -0.2) is 30.2 Å². The molecule has 1 atom stereocenters. The normalized spacial score (nSPS) is 17.7. The molecule has 1 spiro atoms. The number of methoxy groups -OCH3 is 1. The first kappa shape index (κ1) is 19.9. The van der Waals surface area contributed by atoms with Crippen molar-refractivity contribution in [3.05, 3.63) is 66.4 Å². The van der Waals surface area contributed by atoms with E-state index in [4.69, 9.17) is 9.47 Å². The van der Waals surface area contributed by atoms with Crippen LogP contribution < -0.4 is 9.64 Å². The van der Waals surface area contributed by atoms with Crippen molar-refractivity contribution < 1.29 is 13.9 Å². The summed E-state index contributed by atoms with van der Waals surface area (Å²) in [6, 6.07) is 12.4. The van der Waals surface area contributed by atoms with Gasteiger partial charge in [-0.15, -0.1) is 0 Å². The summed E-state index contributed by atoms with van der Waals surface area (Å²) in [4.78, 5) is 10.9. The van der Waals surface area contributed by atoms with Crippen molar-refractivity contribution in [1.82, 2.24) is 9.97 Å². The van der Waals surface area contributed by atoms with Crippen LogP contribution in [0.5, 0.6) is 11.5 Å². The molecule has 0 N–H and O–H groups in total. The van der Waals surface area contributed by atoms with Gasteiger partial charge in [0.1, 0.15) is 17.9 Å². The molecule has 1 aliphatic carbocycles. The number of aromatic nitrogens is 2. The molecule has 2 heterocycles. The number of hydrogen-bond donors (Lipinski definition) is 0. The van der Waals surface area contributed by atoms with Crippen LogP contribution in [-0.2, 0) is 4.74 Å². The molecule has 3 aromatic rings. The van der Waals surface area contributed by atoms with Gasteiger partial charge in [-0.3, -0.25) is 0 Å². The molecule has 160 valence electrons. The lowest BCUT2D eigenvalue weighted by molar-refractivity contribution is 0.0892. The second kappa shape index (κ2) is 7.93. The molecule has 0 amide bonds. The van der Waals surface area contributed by atoms with Gasteiger partial charge in [0.05, 0.1) is 12.3 Å². The summed E-state index contributed by atoms with van der Waals surface area (Å²) in [5.41, 5.74) is 2.99. The third-order valence-corrected chi connectivity index (χ3v) is 6.63. The molecule has 0 bridgehead atoms. The summed E-state index contributed by atoms with van der Waals surface area (Å²) in [7, 11) is 1.67. The minimum absolute atomic E-state index is 0.136. The van der Waals surface area contributed by atoms with Crippen molar-refractivity contribution in [2.45, 2.75) is 32.3 Å². The molecule has 2 aromatic carbocycles. The lowest BCUT2D eigenvalue weighted by Crippen LogP contribution is -2.60. The predicted octanol–water partition coefficient (Wildman–Crippen LogP) is 5.77. The second-order valence-corrected chi connectivity index (χ2v) is 8.63. The Labute approximate surface area is 181 Å². The fourth-order valence-corrected chi connectivity index (χ4v) is 4.67. The van der Waals surface area contributed by atoms with Crippen LogP contribution >= 0.6 is 0 Å². The number of hydrogen-bond acceptors (Lipinski definition) is 5. The van der Waals surface area contributed by atoms with Gasteiger partial charge in [-0.25, -0.2) is 14.4 Å². The maximum absolute atomic E-state index is 14.3. The first-order valence-electron chi connectivity index (χ1n) is 10.7. The van der Waals surface area contributed by atoms with Gasteiger partial charge in [-0.05, 0) is 49.1 Å². The molecule has 0 radical (unpaired) electrons. The van der Waals surface area contributed by atoms with Crippen molar-refractivity contribution in [2.75, 3.05) is 25.1 Å². The highest BCUT2D eigenvalue weighted by Gasteiger charge is 2.48. The van der Waals surface area contributed by atoms with Gasteiger partial charge in [-0.1, -0.05) is 30.7 Å². The molecule has 5 nitrogen and oxygen atoms in total. The standard InChI is InChI=1S/C25H26FN3O2/c1-17(30-2)19-6-3-4-7-20(19)21-12-18(26)8-9-22(21)31-23-13-27-16-28-24(23)29-14-25(15-29)10-5-11-25/h3-4,6-9,12-13,16-17H,5,10-11,14-15H2,1-2H3. The molecule has 2 aliphatic rings. The van der Waals surface area contributed by atoms with Gasteiger partial charge in [0, 0.05) is 31.2 Å². The molecule has 6 heteroatoms. The van der Waals surface area contributed by atoms with E-state index in [0.29, 0.717) is 22.5 Å². The summed E-state index contributed by atoms with van der Waals surface area (Å²) in [6.07, 6.45) is 7.00. The van der Waals surface area contributed by atoms with Gasteiger partial charge in [0.2, 0.25) is 0 Å². The zero-order valence-electron chi connectivity index (χ0n) is 17.8. The van der Waals surface area contributed by atoms with Crippen molar-refractivity contribution in [3.8, 4) is 22.6 Å². The molecular weight excluding hydrogens is 393 g/mol. The molecule has 1 aliphatic heterocycles. The summed E-state index contributed by atoms with van der Waals surface area (Å²) < 4.78 is 26.1. The Morgan fingerprint density at radius 2 is 1.87 bits per heavy atom. The predicted molar refractivity (Wildman–Crippen MR) is 118 cm³/mol. The maximum atomic E-state index is 14.3. The van der Waals surface area contributed by atoms with Crippen LogP contribution in [0.2, 0.25) is 0 Å². The van der Waals surface area contributed by atoms with Crippen LogP contribution in [0, 0.1) is 11.2 Å². The van der Waals surface area contributed by atoms with Crippen LogP contribution in [0.4, 0.5) is 10.2 Å². The Hall–Kier alpha value is -2.99. The summed E-state index contributed by atoms with van der Waals surface area (Å²) >= 11 is 0. The molecular formula is C25H26FN3O2. The van der Waals surface area contributed by atoms with Crippen molar-refractivity contribution in [1.29, 1.82) is 0 Å². The first-order valence-corrected chi connectivity index (χ1v) is 10.7. The van der Waals surface area contributed by atoms with E-state index in [2.05, 4.69) is 14.9 Å². The van der Waals surface area contributed by atoms with Crippen LogP contribution in [0.25, 0.3) is 11.1 Å². The topological polar surface area (TPSA) is 47.5 Å².